The lowest BCUT2D eigenvalue weighted by Crippen LogP contribution is -2.60. The van der Waals surface area contributed by atoms with Gasteiger partial charge in [-0.3, -0.25) is 9.69 Å². The Morgan fingerprint density at radius 2 is 1.65 bits per heavy atom. The van der Waals surface area contributed by atoms with Crippen LogP contribution in [-0.4, -0.2) is 39.6 Å². The summed E-state index contributed by atoms with van der Waals surface area (Å²) in [5, 5.41) is 10.1. The fourth-order valence-corrected chi connectivity index (χ4v) is 4.45. The Morgan fingerprint density at radius 1 is 1.03 bits per heavy atom. The van der Waals surface area contributed by atoms with E-state index < -0.39 is 41.4 Å². The normalized spacial score (nSPS) is 22.4. The number of hydrogen-bond donors (Lipinski definition) is 2. The van der Waals surface area contributed by atoms with Crippen LogP contribution in [0.2, 0.25) is 0 Å². The zero-order valence-corrected chi connectivity index (χ0v) is 17.6. The van der Waals surface area contributed by atoms with Crippen LogP contribution in [0.1, 0.15) is 22.7 Å². The van der Waals surface area contributed by atoms with Crippen LogP contribution < -0.4 is 10.5 Å². The highest BCUT2D eigenvalue weighted by Gasteiger charge is 2.63. The molecule has 1 aliphatic heterocycles. The number of pyridine rings is 1. The van der Waals surface area contributed by atoms with Crippen LogP contribution >= 0.6 is 0 Å². The molecule has 1 aliphatic rings. The molecule has 4 rings (SSSR count). The van der Waals surface area contributed by atoms with Crippen LogP contribution in [0.25, 0.3) is 0 Å². The van der Waals surface area contributed by atoms with E-state index in [1.54, 1.807) is 60.7 Å². The van der Waals surface area contributed by atoms with Gasteiger partial charge in [-0.2, -0.15) is 13.2 Å². The number of ether oxygens (including phenoxy) is 1. The van der Waals surface area contributed by atoms with Crippen LogP contribution in [0.15, 0.2) is 79.0 Å². The molecule has 1 aromatic heterocycles. The monoisotopic (exact) mass is 471 g/mol. The number of halogens is 3. The molecular weight excluding hydrogens is 451 g/mol. The first-order chi connectivity index (χ1) is 16.2. The first-order valence-corrected chi connectivity index (χ1v) is 10.3. The van der Waals surface area contributed by atoms with Gasteiger partial charge in [0.15, 0.2) is 5.54 Å². The highest BCUT2D eigenvalue weighted by atomic mass is 19.4. The van der Waals surface area contributed by atoms with Crippen molar-refractivity contribution in [3.8, 4) is 5.75 Å². The van der Waals surface area contributed by atoms with Gasteiger partial charge in [0.25, 0.3) is 5.91 Å². The van der Waals surface area contributed by atoms with E-state index >= 15 is 0 Å². The maximum absolute atomic E-state index is 13.1. The average molecular weight is 471 g/mol. The first kappa shape index (κ1) is 23.1. The minimum absolute atomic E-state index is 0.0623. The van der Waals surface area contributed by atoms with Crippen molar-refractivity contribution in [2.24, 2.45) is 5.73 Å². The van der Waals surface area contributed by atoms with Gasteiger partial charge < -0.3 is 15.6 Å². The second-order valence-corrected chi connectivity index (χ2v) is 7.82. The topological polar surface area (TPSA) is 106 Å². The molecule has 176 valence electrons. The van der Waals surface area contributed by atoms with Gasteiger partial charge in [0.1, 0.15) is 17.5 Å². The van der Waals surface area contributed by atoms with E-state index in [9.17, 15) is 27.9 Å². The van der Waals surface area contributed by atoms with Crippen LogP contribution in [0, 0.1) is 0 Å². The number of nitrogens with zero attached hydrogens (tertiary/aromatic N) is 2. The number of carbonyl (C=O) groups excluding carboxylic acids is 1. The number of aromatic nitrogens is 1. The molecule has 3 unspecified atom stereocenters. The van der Waals surface area contributed by atoms with Gasteiger partial charge in [0.2, 0.25) is 0 Å². The van der Waals surface area contributed by atoms with Crippen LogP contribution in [-0.2, 0) is 16.5 Å². The third-order valence-corrected chi connectivity index (χ3v) is 5.92. The number of alkyl halides is 3. The molecule has 0 bridgehead atoms. The first-order valence-electron chi connectivity index (χ1n) is 10.3. The summed E-state index contributed by atoms with van der Waals surface area (Å²) in [7, 11) is 0. The van der Waals surface area contributed by atoms with Crippen LogP contribution in [0.4, 0.5) is 18.0 Å². The Labute approximate surface area is 192 Å². The standard InChI is InChI=1S/C24H20F3N3O4/c25-24(26,27)19-12-11-17(13-29-19)34-20-18(15-7-3-1-4-8-15)14-30(22(32)33)23(20,21(28)31)16-9-5-2-6-10-16/h1-13,18,20H,14H2,(H2,28,31)(H,32,33). The summed E-state index contributed by atoms with van der Waals surface area (Å²) < 4.78 is 45.0. The lowest BCUT2D eigenvalue weighted by Gasteiger charge is -2.38. The third-order valence-electron chi connectivity index (χ3n) is 5.92. The van der Waals surface area contributed by atoms with Gasteiger partial charge in [-0.1, -0.05) is 60.7 Å². The van der Waals surface area contributed by atoms with E-state index in [2.05, 4.69) is 4.98 Å². The Kier molecular flexibility index (Phi) is 5.90. The maximum atomic E-state index is 13.1. The summed E-state index contributed by atoms with van der Waals surface area (Å²) in [6, 6.07) is 18.7. The van der Waals surface area contributed by atoms with E-state index in [1.807, 2.05) is 0 Å². The summed E-state index contributed by atoms with van der Waals surface area (Å²) >= 11 is 0. The second kappa shape index (κ2) is 8.69. The van der Waals surface area contributed by atoms with E-state index in [4.69, 9.17) is 10.5 Å². The molecular formula is C24H20F3N3O4. The number of nitrogens with two attached hydrogens (primary N) is 1. The Morgan fingerprint density at radius 3 is 2.15 bits per heavy atom. The van der Waals surface area contributed by atoms with E-state index in [1.165, 1.54) is 0 Å². The van der Waals surface area contributed by atoms with Crippen molar-refractivity contribution >= 4 is 12.0 Å². The molecule has 0 radical (unpaired) electrons. The lowest BCUT2D eigenvalue weighted by atomic mass is 9.79. The number of carbonyl (C=O) groups is 2. The van der Waals surface area contributed by atoms with Crippen LogP contribution in [0.3, 0.4) is 0 Å². The van der Waals surface area contributed by atoms with Crippen molar-refractivity contribution in [3.05, 3.63) is 95.8 Å². The predicted octanol–water partition coefficient (Wildman–Crippen LogP) is 4.01. The van der Waals surface area contributed by atoms with Gasteiger partial charge in [-0.15, -0.1) is 0 Å². The maximum Gasteiger partial charge on any atom is 0.433 e. The van der Waals surface area contributed by atoms with Gasteiger partial charge in [0, 0.05) is 12.5 Å². The van der Waals surface area contributed by atoms with Gasteiger partial charge in [0.05, 0.1) is 6.20 Å². The average Bonchev–Trinajstić information content (AvgIpc) is 3.16. The molecule has 3 N–H and O–H groups in total. The SMILES string of the molecule is NC(=O)C1(c2ccccc2)C(Oc2ccc(C(F)(F)F)nc2)C(c2ccccc2)CN1C(=O)O. The molecule has 1 fully saturated rings. The largest absolute Gasteiger partial charge is 0.485 e. The fraction of sp³-hybridized carbons (Fsp3) is 0.208. The molecule has 2 aromatic carbocycles. The van der Waals surface area contributed by atoms with Gasteiger partial charge in [-0.05, 0) is 23.3 Å². The van der Waals surface area contributed by atoms with Crippen molar-refractivity contribution in [3.63, 3.8) is 0 Å². The zero-order chi connectivity index (χ0) is 24.5. The molecule has 0 spiro atoms. The van der Waals surface area contributed by atoms with Gasteiger partial charge >= 0.3 is 12.3 Å². The highest BCUT2D eigenvalue weighted by Crippen LogP contribution is 2.47. The molecule has 1 saturated heterocycles. The summed E-state index contributed by atoms with van der Waals surface area (Å²) in [6.45, 7) is -0.129. The Hall–Kier alpha value is -4.08. The molecule has 7 nitrogen and oxygen atoms in total. The van der Waals surface area contributed by atoms with Crippen molar-refractivity contribution in [2.75, 3.05) is 6.54 Å². The molecule has 3 aromatic rings. The number of hydrogen-bond acceptors (Lipinski definition) is 4. The number of amides is 2. The van der Waals surface area contributed by atoms with Crippen molar-refractivity contribution in [1.29, 1.82) is 0 Å². The Bertz CT molecular complexity index is 1170. The molecule has 34 heavy (non-hydrogen) atoms. The molecule has 2 heterocycles. The second-order valence-electron chi connectivity index (χ2n) is 7.82. The van der Waals surface area contributed by atoms with Crippen molar-refractivity contribution < 1.29 is 32.6 Å². The molecule has 10 heteroatoms. The number of rotatable bonds is 5. The zero-order valence-electron chi connectivity index (χ0n) is 17.6. The third kappa shape index (κ3) is 3.91. The number of benzene rings is 2. The van der Waals surface area contributed by atoms with Gasteiger partial charge in [-0.25, -0.2) is 9.78 Å². The molecule has 2 amide bonds. The van der Waals surface area contributed by atoms with E-state index in [0.717, 1.165) is 23.2 Å². The smallest absolute Gasteiger partial charge is 0.433 e. The summed E-state index contributed by atoms with van der Waals surface area (Å²) in [6.07, 6.45) is -6.32. The highest BCUT2D eigenvalue weighted by molar-refractivity contribution is 5.91. The van der Waals surface area contributed by atoms with Crippen LogP contribution in [0.5, 0.6) is 5.75 Å². The minimum atomic E-state index is -4.64. The van der Waals surface area contributed by atoms with E-state index in [-0.39, 0.29) is 17.9 Å². The van der Waals surface area contributed by atoms with E-state index in [0.29, 0.717) is 5.56 Å². The predicted molar refractivity (Wildman–Crippen MR) is 115 cm³/mol. The Balaban J connectivity index is 1.89. The number of primary amides is 1. The van der Waals surface area contributed by atoms with Crippen molar-refractivity contribution in [1.82, 2.24) is 9.88 Å². The summed E-state index contributed by atoms with van der Waals surface area (Å²) in [4.78, 5) is 29.8. The fourth-order valence-electron chi connectivity index (χ4n) is 4.45. The number of carboxylic acid groups (broad SMARTS) is 1. The quantitative estimate of drug-likeness (QED) is 0.585. The summed E-state index contributed by atoms with van der Waals surface area (Å²) in [5.41, 5.74) is 3.78. The summed E-state index contributed by atoms with van der Waals surface area (Å²) in [5.74, 6) is -1.69. The molecule has 0 aliphatic carbocycles. The lowest BCUT2D eigenvalue weighted by molar-refractivity contribution is -0.141. The minimum Gasteiger partial charge on any atom is -0.485 e. The molecule has 0 saturated carbocycles. The molecule has 3 atom stereocenters. The van der Waals surface area contributed by atoms with Crippen molar-refractivity contribution in [2.45, 2.75) is 23.7 Å². The number of likely N-dealkylation sites (tertiary alicyclic amines) is 1.